The van der Waals surface area contributed by atoms with Crippen LogP contribution in [0.5, 0.6) is 0 Å². The SMILES string of the molecule is c1ccc(B2c3ccccc3N(c3ccccc3)c3ccccc32)cc1.c1ccc(N2c3ccccc3B3c4ccccc4-c4cccc2c43)cc1. The molecular weight excluding hydrogens is 626 g/mol. The Hall–Kier alpha value is -6.51. The van der Waals surface area contributed by atoms with E-state index in [4.69, 9.17) is 0 Å². The van der Waals surface area contributed by atoms with E-state index in [2.05, 4.69) is 216 Å². The summed E-state index contributed by atoms with van der Waals surface area (Å²) in [5, 5.41) is 0. The smallest absolute Gasteiger partial charge is 0.248 e. The highest BCUT2D eigenvalue weighted by atomic mass is 15.2. The maximum absolute atomic E-state index is 2.41. The minimum Gasteiger partial charge on any atom is -0.312 e. The van der Waals surface area contributed by atoms with Crippen molar-refractivity contribution >= 4 is 80.3 Å². The Bertz CT molecular complexity index is 2350. The molecule has 0 spiro atoms. The molecule has 0 aromatic heterocycles. The predicted octanol–water partition coefficient (Wildman–Crippen LogP) is 7.95. The molecule has 0 N–H and O–H groups in total. The molecule has 0 radical (unpaired) electrons. The van der Waals surface area contributed by atoms with Gasteiger partial charge < -0.3 is 9.80 Å². The average molecular weight is 660 g/mol. The molecular formula is C48H34B2N2. The lowest BCUT2D eigenvalue weighted by Gasteiger charge is -2.36. The second-order valence-corrected chi connectivity index (χ2v) is 13.6. The minimum atomic E-state index is 0.253. The summed E-state index contributed by atoms with van der Waals surface area (Å²) in [5.74, 6) is 0. The molecule has 0 saturated carbocycles. The molecule has 0 bridgehead atoms. The van der Waals surface area contributed by atoms with Gasteiger partial charge in [-0.15, -0.1) is 0 Å². The summed E-state index contributed by atoms with van der Waals surface area (Å²) in [7, 11) is 0. The van der Waals surface area contributed by atoms with Gasteiger partial charge >= 0.3 is 0 Å². The van der Waals surface area contributed by atoms with Gasteiger partial charge in [-0.1, -0.05) is 169 Å². The predicted molar refractivity (Wildman–Crippen MR) is 223 cm³/mol. The van der Waals surface area contributed by atoms with Crippen molar-refractivity contribution in [2.75, 3.05) is 9.80 Å². The average Bonchev–Trinajstić information content (AvgIpc) is 3.57. The molecule has 3 aliphatic rings. The highest BCUT2D eigenvalue weighted by molar-refractivity contribution is 7.01. The van der Waals surface area contributed by atoms with E-state index in [1.165, 1.54) is 78.0 Å². The quantitative estimate of drug-likeness (QED) is 0.178. The normalized spacial score (nSPS) is 12.8. The lowest BCUT2D eigenvalue weighted by Crippen LogP contribution is -2.57. The second kappa shape index (κ2) is 12.7. The fourth-order valence-corrected chi connectivity index (χ4v) is 8.71. The lowest BCUT2D eigenvalue weighted by atomic mass is 9.35. The minimum absolute atomic E-state index is 0.253. The zero-order valence-electron chi connectivity index (χ0n) is 28.7. The van der Waals surface area contributed by atoms with E-state index in [0.717, 1.165) is 0 Å². The zero-order chi connectivity index (χ0) is 34.4. The van der Waals surface area contributed by atoms with Gasteiger partial charge in [-0.25, -0.2) is 0 Å². The number of hydrogen-bond acceptors (Lipinski definition) is 2. The molecule has 8 aromatic carbocycles. The highest BCUT2D eigenvalue weighted by Gasteiger charge is 2.41. The second-order valence-electron chi connectivity index (χ2n) is 13.6. The first-order valence-corrected chi connectivity index (χ1v) is 18.1. The molecule has 2 nitrogen and oxygen atoms in total. The number of anilines is 6. The third-order valence-electron chi connectivity index (χ3n) is 10.8. The van der Waals surface area contributed by atoms with E-state index >= 15 is 0 Å². The summed E-state index contributed by atoms with van der Waals surface area (Å²) in [6, 6.07) is 74.1. The standard InChI is InChI=1S/C24H16BN.C24H18BN/c1-2-9-17(10-3-1)26-22-15-7-6-14-21(22)25-20-13-5-4-11-18(20)19-12-8-16-23(26)24(19)25;1-3-11-19(12-4-1)25-21-15-7-9-17-23(21)26(20-13-5-2-6-14-20)24-18-10-8-16-22(24)25/h1-16H;1-18H. The largest absolute Gasteiger partial charge is 0.312 e. The number of benzene rings is 8. The molecule has 52 heavy (non-hydrogen) atoms. The Kier molecular flexibility index (Phi) is 7.39. The molecule has 242 valence electrons. The molecule has 0 atom stereocenters. The van der Waals surface area contributed by atoms with Crippen LogP contribution in [0.4, 0.5) is 34.1 Å². The van der Waals surface area contributed by atoms with Crippen LogP contribution in [-0.2, 0) is 0 Å². The first kappa shape index (κ1) is 30.3. The molecule has 0 aliphatic carbocycles. The van der Waals surface area contributed by atoms with Crippen molar-refractivity contribution in [2.45, 2.75) is 0 Å². The van der Waals surface area contributed by atoms with E-state index < -0.39 is 0 Å². The van der Waals surface area contributed by atoms with Gasteiger partial charge in [0.1, 0.15) is 0 Å². The van der Waals surface area contributed by atoms with Crippen molar-refractivity contribution in [2.24, 2.45) is 0 Å². The Morgan fingerprint density at radius 1 is 0.269 bits per heavy atom. The maximum Gasteiger partial charge on any atom is 0.248 e. The van der Waals surface area contributed by atoms with Crippen LogP contribution in [0, 0.1) is 0 Å². The van der Waals surface area contributed by atoms with Gasteiger partial charge in [0.25, 0.3) is 0 Å². The van der Waals surface area contributed by atoms with Crippen molar-refractivity contribution in [1.82, 2.24) is 0 Å². The molecule has 0 saturated heterocycles. The molecule has 11 rings (SSSR count). The van der Waals surface area contributed by atoms with Crippen molar-refractivity contribution in [3.63, 3.8) is 0 Å². The summed E-state index contributed by atoms with van der Waals surface area (Å²) >= 11 is 0. The van der Waals surface area contributed by atoms with Gasteiger partial charge in [0.05, 0.1) is 0 Å². The van der Waals surface area contributed by atoms with Gasteiger partial charge in [0, 0.05) is 34.1 Å². The van der Waals surface area contributed by atoms with Crippen LogP contribution in [0.15, 0.2) is 206 Å². The topological polar surface area (TPSA) is 6.48 Å². The third-order valence-corrected chi connectivity index (χ3v) is 10.8. The molecule has 4 heteroatoms. The zero-order valence-corrected chi connectivity index (χ0v) is 28.7. The number of nitrogens with zero attached hydrogens (tertiary/aromatic N) is 2. The van der Waals surface area contributed by atoms with Gasteiger partial charge in [-0.05, 0) is 81.5 Å². The van der Waals surface area contributed by atoms with Crippen LogP contribution in [0.25, 0.3) is 11.1 Å². The first-order valence-electron chi connectivity index (χ1n) is 18.1. The Morgan fingerprint density at radius 3 is 1.21 bits per heavy atom. The van der Waals surface area contributed by atoms with E-state index in [-0.39, 0.29) is 6.71 Å². The molecule has 0 amide bonds. The highest BCUT2D eigenvalue weighted by Crippen LogP contribution is 2.40. The molecule has 3 aliphatic heterocycles. The number of rotatable bonds is 3. The monoisotopic (exact) mass is 660 g/mol. The van der Waals surface area contributed by atoms with Crippen molar-refractivity contribution in [3.05, 3.63) is 206 Å². The van der Waals surface area contributed by atoms with Gasteiger partial charge in [0.2, 0.25) is 13.4 Å². The van der Waals surface area contributed by atoms with Gasteiger partial charge in [-0.3, -0.25) is 0 Å². The Morgan fingerprint density at radius 2 is 0.654 bits per heavy atom. The number of fused-ring (bicyclic) bond motifs is 7. The number of para-hydroxylation sites is 5. The van der Waals surface area contributed by atoms with Crippen LogP contribution < -0.4 is 42.6 Å². The molecule has 3 heterocycles. The fraction of sp³-hybridized carbons (Fsp3) is 0. The molecule has 0 unspecified atom stereocenters. The van der Waals surface area contributed by atoms with Crippen LogP contribution >= 0.6 is 0 Å². The molecule has 8 aromatic rings. The maximum atomic E-state index is 2.41. The summed E-state index contributed by atoms with van der Waals surface area (Å²) < 4.78 is 0. The Balaban J connectivity index is 0.000000130. The molecule has 0 fully saturated rings. The van der Waals surface area contributed by atoms with E-state index in [1.54, 1.807) is 0 Å². The summed E-state index contributed by atoms with van der Waals surface area (Å²) in [6.07, 6.45) is 0. The fourth-order valence-electron chi connectivity index (χ4n) is 8.71. The summed E-state index contributed by atoms with van der Waals surface area (Å²) in [4.78, 5) is 4.79. The van der Waals surface area contributed by atoms with Crippen LogP contribution in [-0.4, -0.2) is 13.4 Å². The van der Waals surface area contributed by atoms with Crippen molar-refractivity contribution in [3.8, 4) is 11.1 Å². The van der Waals surface area contributed by atoms with E-state index in [0.29, 0.717) is 6.71 Å². The van der Waals surface area contributed by atoms with Crippen molar-refractivity contribution in [1.29, 1.82) is 0 Å². The summed E-state index contributed by atoms with van der Waals surface area (Å²) in [5.41, 5.74) is 18.5. The van der Waals surface area contributed by atoms with Gasteiger partial charge in [0.15, 0.2) is 0 Å². The van der Waals surface area contributed by atoms with E-state index in [9.17, 15) is 0 Å². The first-order chi connectivity index (χ1) is 25.9. The van der Waals surface area contributed by atoms with Gasteiger partial charge in [-0.2, -0.15) is 0 Å². The lowest BCUT2D eigenvalue weighted by molar-refractivity contribution is 1.29. The van der Waals surface area contributed by atoms with Crippen LogP contribution in [0.2, 0.25) is 0 Å². The number of hydrogen-bond donors (Lipinski definition) is 0. The third kappa shape index (κ3) is 4.83. The van der Waals surface area contributed by atoms with Crippen LogP contribution in [0.3, 0.4) is 0 Å². The van der Waals surface area contributed by atoms with E-state index in [1.807, 2.05) is 0 Å². The Labute approximate surface area is 306 Å². The van der Waals surface area contributed by atoms with Crippen LogP contribution in [0.1, 0.15) is 0 Å². The summed E-state index contributed by atoms with van der Waals surface area (Å²) in [6.45, 7) is 0.581. The van der Waals surface area contributed by atoms with Crippen molar-refractivity contribution < 1.29 is 0 Å².